The van der Waals surface area contributed by atoms with E-state index in [0.29, 0.717) is 21.5 Å². The van der Waals surface area contributed by atoms with Crippen molar-refractivity contribution in [1.82, 2.24) is 5.32 Å². The average Bonchev–Trinajstić information content (AvgIpc) is 2.45. The van der Waals surface area contributed by atoms with E-state index in [2.05, 4.69) is 26.6 Å². The van der Waals surface area contributed by atoms with Gasteiger partial charge in [0.15, 0.2) is 6.61 Å². The Morgan fingerprint density at radius 2 is 2.12 bits per heavy atom. The van der Waals surface area contributed by atoms with E-state index < -0.39 is 17.4 Å². The number of aliphatic carboxylic acids is 1. The Bertz CT molecular complexity index is 704. The SMILES string of the molecule is CC(C)C(C)(CC(=O)O)NC(=O)c1cc2c(cc1Br)NC(=O)CO2. The van der Waals surface area contributed by atoms with Gasteiger partial charge in [0.1, 0.15) is 5.75 Å². The molecular formula is C16H19BrN2O5. The Morgan fingerprint density at radius 3 is 2.71 bits per heavy atom. The summed E-state index contributed by atoms with van der Waals surface area (Å²) in [7, 11) is 0. The van der Waals surface area contributed by atoms with E-state index in [1.54, 1.807) is 13.0 Å². The van der Waals surface area contributed by atoms with Crippen LogP contribution in [0.25, 0.3) is 0 Å². The van der Waals surface area contributed by atoms with Crippen molar-refractivity contribution in [2.75, 3.05) is 11.9 Å². The lowest BCUT2D eigenvalue weighted by molar-refractivity contribution is -0.139. The van der Waals surface area contributed by atoms with E-state index in [9.17, 15) is 14.4 Å². The molecule has 1 aliphatic heterocycles. The number of carbonyl (C=O) groups is 3. The van der Waals surface area contributed by atoms with Crippen molar-refractivity contribution in [2.45, 2.75) is 32.7 Å². The van der Waals surface area contributed by atoms with Gasteiger partial charge in [0, 0.05) is 4.47 Å². The molecule has 1 unspecified atom stereocenters. The highest BCUT2D eigenvalue weighted by molar-refractivity contribution is 9.10. The fourth-order valence-electron chi connectivity index (χ4n) is 2.31. The maximum absolute atomic E-state index is 12.6. The predicted molar refractivity (Wildman–Crippen MR) is 91.2 cm³/mol. The molecule has 1 atom stereocenters. The van der Waals surface area contributed by atoms with Crippen molar-refractivity contribution in [3.8, 4) is 5.75 Å². The van der Waals surface area contributed by atoms with Crippen LogP contribution in [0.15, 0.2) is 16.6 Å². The van der Waals surface area contributed by atoms with E-state index in [0.717, 1.165) is 0 Å². The van der Waals surface area contributed by atoms with E-state index >= 15 is 0 Å². The summed E-state index contributed by atoms with van der Waals surface area (Å²) in [4.78, 5) is 35.1. The molecule has 2 amide bonds. The zero-order valence-corrected chi connectivity index (χ0v) is 15.2. The zero-order valence-electron chi connectivity index (χ0n) is 13.6. The summed E-state index contributed by atoms with van der Waals surface area (Å²) in [6, 6.07) is 3.11. The lowest BCUT2D eigenvalue weighted by Crippen LogP contribution is -2.51. The number of halogens is 1. The number of nitrogens with one attached hydrogen (secondary N) is 2. The standard InChI is InChI=1S/C16H19BrN2O5/c1-8(2)16(3,6-14(21)22)19-15(23)9-4-12-11(5-10(9)17)18-13(20)7-24-12/h4-5,8H,6-7H2,1-3H3,(H,18,20)(H,19,23)(H,21,22). The summed E-state index contributed by atoms with van der Waals surface area (Å²) in [6.45, 7) is 5.29. The minimum atomic E-state index is -0.984. The summed E-state index contributed by atoms with van der Waals surface area (Å²) in [5.41, 5.74) is -0.109. The number of carboxylic acid groups (broad SMARTS) is 1. The number of rotatable bonds is 5. The van der Waals surface area contributed by atoms with Crippen molar-refractivity contribution in [1.29, 1.82) is 0 Å². The lowest BCUT2D eigenvalue weighted by Gasteiger charge is -2.33. The number of ether oxygens (including phenoxy) is 1. The number of fused-ring (bicyclic) bond motifs is 1. The molecule has 0 saturated carbocycles. The third-order valence-corrected chi connectivity index (χ3v) is 4.79. The molecule has 3 N–H and O–H groups in total. The fraction of sp³-hybridized carbons (Fsp3) is 0.438. The number of amides is 2. The first kappa shape index (κ1) is 18.3. The molecule has 1 aliphatic rings. The largest absolute Gasteiger partial charge is 0.482 e. The summed E-state index contributed by atoms with van der Waals surface area (Å²) in [5, 5.41) is 14.6. The number of anilines is 1. The van der Waals surface area contributed by atoms with Crippen LogP contribution in [0.2, 0.25) is 0 Å². The van der Waals surface area contributed by atoms with Gasteiger partial charge in [-0.1, -0.05) is 13.8 Å². The molecule has 130 valence electrons. The molecule has 0 aliphatic carbocycles. The lowest BCUT2D eigenvalue weighted by atomic mass is 9.85. The Hall–Kier alpha value is -2.09. The maximum Gasteiger partial charge on any atom is 0.305 e. The van der Waals surface area contributed by atoms with Gasteiger partial charge >= 0.3 is 5.97 Å². The second-order valence-corrected chi connectivity index (χ2v) is 7.12. The normalized spacial score (nSPS) is 15.8. The monoisotopic (exact) mass is 398 g/mol. The van der Waals surface area contributed by atoms with Gasteiger partial charge in [0.2, 0.25) is 0 Å². The van der Waals surface area contributed by atoms with E-state index in [-0.39, 0.29) is 24.9 Å². The van der Waals surface area contributed by atoms with Crippen LogP contribution in [0.3, 0.4) is 0 Å². The molecule has 2 rings (SSSR count). The van der Waals surface area contributed by atoms with Crippen LogP contribution >= 0.6 is 15.9 Å². The topological polar surface area (TPSA) is 105 Å². The molecule has 1 heterocycles. The summed E-state index contributed by atoms with van der Waals surface area (Å²) < 4.78 is 5.79. The van der Waals surface area contributed by atoms with Crippen LogP contribution in [0.1, 0.15) is 37.6 Å². The van der Waals surface area contributed by atoms with Crippen LogP contribution in [0.4, 0.5) is 5.69 Å². The Morgan fingerprint density at radius 1 is 1.46 bits per heavy atom. The number of hydrogen-bond donors (Lipinski definition) is 3. The van der Waals surface area contributed by atoms with Gasteiger partial charge in [-0.2, -0.15) is 0 Å². The molecule has 7 nitrogen and oxygen atoms in total. The maximum atomic E-state index is 12.6. The number of benzene rings is 1. The van der Waals surface area contributed by atoms with Gasteiger partial charge in [-0.25, -0.2) is 0 Å². The van der Waals surface area contributed by atoms with Crippen molar-refractivity contribution >= 4 is 39.4 Å². The van der Waals surface area contributed by atoms with Gasteiger partial charge in [0.25, 0.3) is 11.8 Å². The first-order valence-electron chi connectivity index (χ1n) is 7.43. The second-order valence-electron chi connectivity index (χ2n) is 6.26. The quantitative estimate of drug-likeness (QED) is 0.706. The predicted octanol–water partition coefficient (Wildman–Crippen LogP) is 2.40. The molecule has 24 heavy (non-hydrogen) atoms. The smallest absolute Gasteiger partial charge is 0.305 e. The van der Waals surface area contributed by atoms with E-state index in [1.807, 2.05) is 13.8 Å². The minimum Gasteiger partial charge on any atom is -0.482 e. The van der Waals surface area contributed by atoms with Crippen molar-refractivity contribution in [3.63, 3.8) is 0 Å². The number of hydrogen-bond acceptors (Lipinski definition) is 4. The van der Waals surface area contributed by atoms with Gasteiger partial charge in [-0.3, -0.25) is 14.4 Å². The van der Waals surface area contributed by atoms with Crippen LogP contribution in [-0.4, -0.2) is 35.0 Å². The molecule has 0 bridgehead atoms. The van der Waals surface area contributed by atoms with E-state index in [1.165, 1.54) is 6.07 Å². The van der Waals surface area contributed by atoms with Gasteiger partial charge < -0.3 is 20.5 Å². The highest BCUT2D eigenvalue weighted by Crippen LogP contribution is 2.34. The first-order chi connectivity index (χ1) is 11.1. The van der Waals surface area contributed by atoms with Gasteiger partial charge in [0.05, 0.1) is 23.2 Å². The van der Waals surface area contributed by atoms with Crippen LogP contribution < -0.4 is 15.4 Å². The summed E-state index contributed by atoms with van der Waals surface area (Å²) >= 11 is 3.31. The highest BCUT2D eigenvalue weighted by atomic mass is 79.9. The van der Waals surface area contributed by atoms with Crippen molar-refractivity contribution < 1.29 is 24.2 Å². The molecule has 0 saturated heterocycles. The molecule has 0 spiro atoms. The Balaban J connectivity index is 2.29. The van der Waals surface area contributed by atoms with Gasteiger partial charge in [-0.15, -0.1) is 0 Å². The molecule has 1 aromatic carbocycles. The van der Waals surface area contributed by atoms with Crippen molar-refractivity contribution in [3.05, 3.63) is 22.2 Å². The average molecular weight is 399 g/mol. The first-order valence-corrected chi connectivity index (χ1v) is 8.22. The number of carboxylic acids is 1. The highest BCUT2D eigenvalue weighted by Gasteiger charge is 2.34. The second kappa shape index (κ2) is 6.80. The van der Waals surface area contributed by atoms with Crippen LogP contribution in [0, 0.1) is 5.92 Å². The molecular weight excluding hydrogens is 380 g/mol. The van der Waals surface area contributed by atoms with Crippen molar-refractivity contribution in [2.24, 2.45) is 5.92 Å². The number of carbonyl (C=O) groups excluding carboxylic acids is 2. The molecule has 8 heteroatoms. The molecule has 1 aromatic rings. The van der Waals surface area contributed by atoms with Crippen LogP contribution in [-0.2, 0) is 9.59 Å². The van der Waals surface area contributed by atoms with Crippen LogP contribution in [0.5, 0.6) is 5.75 Å². The Labute approximate surface area is 147 Å². The third kappa shape index (κ3) is 3.87. The summed E-state index contributed by atoms with van der Waals surface area (Å²) in [6.07, 6.45) is -0.189. The molecule has 0 fully saturated rings. The Kier molecular flexibility index (Phi) is 5.17. The van der Waals surface area contributed by atoms with E-state index in [4.69, 9.17) is 9.84 Å². The zero-order chi connectivity index (χ0) is 18.1. The fourth-order valence-corrected chi connectivity index (χ4v) is 2.83. The molecule has 0 aromatic heterocycles. The molecule has 0 radical (unpaired) electrons. The third-order valence-electron chi connectivity index (χ3n) is 4.14. The summed E-state index contributed by atoms with van der Waals surface area (Å²) in [5.74, 6) is -1.35. The minimum absolute atomic E-state index is 0.0792. The van der Waals surface area contributed by atoms with Gasteiger partial charge in [-0.05, 0) is 40.9 Å².